The van der Waals surface area contributed by atoms with E-state index in [1.54, 1.807) is 0 Å². The second-order valence-corrected chi connectivity index (χ2v) is 4.65. The summed E-state index contributed by atoms with van der Waals surface area (Å²) in [7, 11) is 0. The second kappa shape index (κ2) is 4.49. The van der Waals surface area contributed by atoms with E-state index in [1.807, 2.05) is 0 Å². The number of aliphatic hydroxyl groups excluding tert-OH is 2. The van der Waals surface area contributed by atoms with Gasteiger partial charge < -0.3 is 10.2 Å². The minimum atomic E-state index is -0.541. The highest BCUT2D eigenvalue weighted by Crippen LogP contribution is 2.36. The van der Waals surface area contributed by atoms with Crippen LogP contribution in [0.3, 0.4) is 0 Å². The third kappa shape index (κ3) is 2.15. The molecule has 0 aromatic heterocycles. The number of hydrogen-bond acceptors (Lipinski definition) is 3. The average molecular weight is 190 g/mol. The summed E-state index contributed by atoms with van der Waals surface area (Å²) >= 11 is 4.36. The summed E-state index contributed by atoms with van der Waals surface area (Å²) in [4.78, 5) is 0. The van der Waals surface area contributed by atoms with E-state index in [1.165, 1.54) is 19.3 Å². The molecule has 0 heterocycles. The van der Waals surface area contributed by atoms with Gasteiger partial charge in [0.05, 0.1) is 18.0 Å². The Bertz CT molecular complexity index is 128. The molecule has 0 spiro atoms. The summed E-state index contributed by atoms with van der Waals surface area (Å²) in [5, 5.41) is 18.2. The first kappa shape index (κ1) is 10.4. The average Bonchev–Trinajstić information content (AvgIpc) is 2.18. The van der Waals surface area contributed by atoms with Crippen LogP contribution >= 0.6 is 12.6 Å². The van der Waals surface area contributed by atoms with E-state index in [0.29, 0.717) is 5.92 Å². The SMILES string of the molecule is OCC(S)(CO)C1CCCCC1. The van der Waals surface area contributed by atoms with Crippen LogP contribution in [0.5, 0.6) is 0 Å². The van der Waals surface area contributed by atoms with Gasteiger partial charge in [0.2, 0.25) is 0 Å². The van der Waals surface area contributed by atoms with Gasteiger partial charge in [-0.2, -0.15) is 12.6 Å². The van der Waals surface area contributed by atoms with Gasteiger partial charge in [-0.05, 0) is 18.8 Å². The number of thiol groups is 1. The molecule has 3 heteroatoms. The third-order valence-corrected chi connectivity index (χ3v) is 3.56. The molecule has 0 atom stereocenters. The summed E-state index contributed by atoms with van der Waals surface area (Å²) in [6, 6.07) is 0. The largest absolute Gasteiger partial charge is 0.395 e. The molecule has 0 unspecified atom stereocenters. The first-order valence-electron chi connectivity index (χ1n) is 4.67. The van der Waals surface area contributed by atoms with Crippen molar-refractivity contribution < 1.29 is 10.2 Å². The molecule has 0 aromatic rings. The predicted octanol–water partition coefficient (Wildman–Crippen LogP) is 1.22. The highest BCUT2D eigenvalue weighted by molar-refractivity contribution is 7.81. The van der Waals surface area contributed by atoms with Crippen LogP contribution in [0.25, 0.3) is 0 Å². The van der Waals surface area contributed by atoms with Crippen LogP contribution in [0.2, 0.25) is 0 Å². The lowest BCUT2D eigenvalue weighted by Gasteiger charge is -2.36. The van der Waals surface area contributed by atoms with E-state index in [-0.39, 0.29) is 13.2 Å². The van der Waals surface area contributed by atoms with Crippen LogP contribution in [0.1, 0.15) is 32.1 Å². The van der Waals surface area contributed by atoms with Gasteiger partial charge in [0.25, 0.3) is 0 Å². The fraction of sp³-hybridized carbons (Fsp3) is 1.00. The van der Waals surface area contributed by atoms with Gasteiger partial charge >= 0.3 is 0 Å². The van der Waals surface area contributed by atoms with Gasteiger partial charge in [0, 0.05) is 0 Å². The lowest BCUT2D eigenvalue weighted by Crippen LogP contribution is -2.40. The van der Waals surface area contributed by atoms with Crippen LogP contribution in [0, 0.1) is 5.92 Å². The van der Waals surface area contributed by atoms with E-state index >= 15 is 0 Å². The second-order valence-electron chi connectivity index (χ2n) is 3.75. The topological polar surface area (TPSA) is 40.5 Å². The molecule has 1 saturated carbocycles. The van der Waals surface area contributed by atoms with E-state index < -0.39 is 4.75 Å². The maximum atomic E-state index is 9.10. The van der Waals surface area contributed by atoms with Gasteiger partial charge in [-0.25, -0.2) is 0 Å². The Balaban J connectivity index is 2.51. The molecule has 1 aliphatic rings. The van der Waals surface area contributed by atoms with Crippen LogP contribution in [0.15, 0.2) is 0 Å². The Morgan fingerprint density at radius 3 is 2.00 bits per heavy atom. The number of aliphatic hydroxyl groups is 2. The van der Waals surface area contributed by atoms with Gasteiger partial charge in [0.1, 0.15) is 0 Å². The quantitative estimate of drug-likeness (QED) is 0.586. The molecular formula is C9H18O2S. The third-order valence-electron chi connectivity index (χ3n) is 2.91. The first-order valence-corrected chi connectivity index (χ1v) is 5.12. The molecule has 1 aliphatic carbocycles. The van der Waals surface area contributed by atoms with Gasteiger partial charge in [-0.1, -0.05) is 19.3 Å². The first-order chi connectivity index (χ1) is 5.73. The summed E-state index contributed by atoms with van der Waals surface area (Å²) in [6.45, 7) is -0.0332. The molecule has 0 radical (unpaired) electrons. The monoisotopic (exact) mass is 190 g/mol. The number of hydrogen-bond donors (Lipinski definition) is 3. The molecule has 0 saturated heterocycles. The van der Waals surface area contributed by atoms with E-state index in [2.05, 4.69) is 12.6 Å². The molecule has 12 heavy (non-hydrogen) atoms. The molecule has 2 nitrogen and oxygen atoms in total. The van der Waals surface area contributed by atoms with Gasteiger partial charge in [-0.3, -0.25) is 0 Å². The summed E-state index contributed by atoms with van der Waals surface area (Å²) in [5.74, 6) is 0.393. The maximum Gasteiger partial charge on any atom is 0.0618 e. The van der Waals surface area contributed by atoms with Crippen molar-refractivity contribution in [2.75, 3.05) is 13.2 Å². The van der Waals surface area contributed by atoms with Crippen LogP contribution < -0.4 is 0 Å². The van der Waals surface area contributed by atoms with Crippen LogP contribution in [0.4, 0.5) is 0 Å². The van der Waals surface area contributed by atoms with Crippen molar-refractivity contribution in [2.24, 2.45) is 5.92 Å². The normalized spacial score (nSPS) is 21.2. The van der Waals surface area contributed by atoms with Gasteiger partial charge in [0.15, 0.2) is 0 Å². The van der Waals surface area contributed by atoms with Crippen LogP contribution in [-0.4, -0.2) is 28.2 Å². The zero-order valence-electron chi connectivity index (χ0n) is 7.37. The van der Waals surface area contributed by atoms with Crippen molar-refractivity contribution in [1.29, 1.82) is 0 Å². The van der Waals surface area contributed by atoms with Crippen molar-refractivity contribution >= 4 is 12.6 Å². The van der Waals surface area contributed by atoms with Crippen molar-refractivity contribution in [3.8, 4) is 0 Å². The minimum Gasteiger partial charge on any atom is -0.395 e. The molecule has 72 valence electrons. The Morgan fingerprint density at radius 1 is 1.08 bits per heavy atom. The van der Waals surface area contributed by atoms with Crippen molar-refractivity contribution in [3.63, 3.8) is 0 Å². The predicted molar refractivity (Wildman–Crippen MR) is 52.5 cm³/mol. The molecule has 1 fully saturated rings. The maximum absolute atomic E-state index is 9.10. The Labute approximate surface area is 79.4 Å². The Kier molecular flexibility index (Phi) is 3.87. The molecule has 0 amide bonds. The van der Waals surface area contributed by atoms with E-state index in [9.17, 15) is 0 Å². The lowest BCUT2D eigenvalue weighted by atomic mass is 9.80. The molecule has 0 aliphatic heterocycles. The van der Waals surface area contributed by atoms with Crippen molar-refractivity contribution in [2.45, 2.75) is 36.9 Å². The number of rotatable bonds is 3. The smallest absolute Gasteiger partial charge is 0.0618 e. The molecular weight excluding hydrogens is 172 g/mol. The van der Waals surface area contributed by atoms with Crippen molar-refractivity contribution in [3.05, 3.63) is 0 Å². The van der Waals surface area contributed by atoms with E-state index in [4.69, 9.17) is 10.2 Å². The fourth-order valence-electron chi connectivity index (χ4n) is 1.95. The minimum absolute atomic E-state index is 0.0166. The highest BCUT2D eigenvalue weighted by Gasteiger charge is 2.34. The molecule has 0 bridgehead atoms. The lowest BCUT2D eigenvalue weighted by molar-refractivity contribution is 0.116. The van der Waals surface area contributed by atoms with Crippen molar-refractivity contribution in [1.82, 2.24) is 0 Å². The standard InChI is InChI=1S/C9H18O2S/c10-6-9(12,7-11)8-4-2-1-3-5-8/h8,10-12H,1-7H2. The zero-order chi connectivity index (χ0) is 9.03. The zero-order valence-corrected chi connectivity index (χ0v) is 8.26. The summed E-state index contributed by atoms with van der Waals surface area (Å²) < 4.78 is -0.541. The molecule has 0 aromatic carbocycles. The Hall–Kier alpha value is 0.270. The fourth-order valence-corrected chi connectivity index (χ4v) is 2.21. The summed E-state index contributed by atoms with van der Waals surface area (Å²) in [6.07, 6.45) is 5.92. The van der Waals surface area contributed by atoms with Crippen LogP contribution in [-0.2, 0) is 0 Å². The Morgan fingerprint density at radius 2 is 1.58 bits per heavy atom. The van der Waals surface area contributed by atoms with Gasteiger partial charge in [-0.15, -0.1) is 0 Å². The van der Waals surface area contributed by atoms with E-state index in [0.717, 1.165) is 12.8 Å². The molecule has 1 rings (SSSR count). The highest BCUT2D eigenvalue weighted by atomic mass is 32.1. The molecule has 2 N–H and O–H groups in total. The summed E-state index contributed by atoms with van der Waals surface area (Å²) in [5.41, 5.74) is 0.